The van der Waals surface area contributed by atoms with Crippen LogP contribution in [0.5, 0.6) is 0 Å². The van der Waals surface area contributed by atoms with E-state index < -0.39 is 5.60 Å². The lowest BCUT2D eigenvalue weighted by Gasteiger charge is -2.32. The van der Waals surface area contributed by atoms with Gasteiger partial charge in [-0.25, -0.2) is 0 Å². The second-order valence-corrected chi connectivity index (χ2v) is 5.60. The number of aliphatic hydroxyl groups is 1. The first-order valence-electron chi connectivity index (χ1n) is 6.24. The van der Waals surface area contributed by atoms with Crippen molar-refractivity contribution in [3.8, 4) is 0 Å². The van der Waals surface area contributed by atoms with Crippen LogP contribution in [0.1, 0.15) is 31.4 Å². The van der Waals surface area contributed by atoms with Gasteiger partial charge in [0.05, 0.1) is 0 Å². The Balaban J connectivity index is 1.98. The summed E-state index contributed by atoms with van der Waals surface area (Å²) in [5.74, 6) is 0.631. The van der Waals surface area contributed by atoms with E-state index in [9.17, 15) is 5.11 Å². The highest BCUT2D eigenvalue weighted by molar-refractivity contribution is 6.31. The number of halogens is 1. The minimum absolute atomic E-state index is 0.198. The molecule has 96 valence electrons. The van der Waals surface area contributed by atoms with Crippen molar-refractivity contribution < 1.29 is 9.52 Å². The molecule has 1 aromatic heterocycles. The fraction of sp³-hybridized carbons (Fsp3) is 0.429. The SMILES string of the molecule is NC1CCC(O)(c2cc3cc(Cl)ccc3o2)CC1. The molecule has 0 atom stereocenters. The average molecular weight is 266 g/mol. The topological polar surface area (TPSA) is 59.4 Å². The maximum Gasteiger partial charge on any atom is 0.136 e. The van der Waals surface area contributed by atoms with E-state index in [1.165, 1.54) is 0 Å². The Labute approximate surface area is 111 Å². The van der Waals surface area contributed by atoms with Gasteiger partial charge in [0.25, 0.3) is 0 Å². The Morgan fingerprint density at radius 3 is 2.72 bits per heavy atom. The standard InChI is InChI=1S/C14H16ClNO2/c15-10-1-2-12-9(7-10)8-13(18-12)14(17)5-3-11(16)4-6-14/h1-2,7-8,11,17H,3-6,16H2. The normalized spacial score (nSPS) is 28.7. The summed E-state index contributed by atoms with van der Waals surface area (Å²) < 4.78 is 5.75. The van der Waals surface area contributed by atoms with Gasteiger partial charge in [-0.05, 0) is 49.9 Å². The van der Waals surface area contributed by atoms with Crippen molar-refractivity contribution in [2.45, 2.75) is 37.3 Å². The number of benzene rings is 1. The van der Waals surface area contributed by atoms with Crippen LogP contribution in [-0.2, 0) is 5.60 Å². The van der Waals surface area contributed by atoms with E-state index in [0.29, 0.717) is 23.6 Å². The number of rotatable bonds is 1. The van der Waals surface area contributed by atoms with Gasteiger partial charge in [0.15, 0.2) is 0 Å². The van der Waals surface area contributed by atoms with Gasteiger partial charge in [-0.1, -0.05) is 11.6 Å². The van der Waals surface area contributed by atoms with Crippen LogP contribution in [0.3, 0.4) is 0 Å². The zero-order chi connectivity index (χ0) is 12.8. The quantitative estimate of drug-likeness (QED) is 0.833. The maximum atomic E-state index is 10.6. The predicted molar refractivity (Wildman–Crippen MR) is 71.6 cm³/mol. The molecule has 18 heavy (non-hydrogen) atoms. The van der Waals surface area contributed by atoms with Crippen LogP contribution >= 0.6 is 11.6 Å². The van der Waals surface area contributed by atoms with Crippen molar-refractivity contribution in [1.29, 1.82) is 0 Å². The van der Waals surface area contributed by atoms with Crippen molar-refractivity contribution in [1.82, 2.24) is 0 Å². The molecule has 0 bridgehead atoms. The van der Waals surface area contributed by atoms with Gasteiger partial charge < -0.3 is 15.3 Å². The minimum atomic E-state index is -0.874. The predicted octanol–water partition coefficient (Wildman–Crippen LogP) is 3.18. The highest BCUT2D eigenvalue weighted by Crippen LogP contribution is 2.39. The molecule has 1 aliphatic rings. The van der Waals surface area contributed by atoms with E-state index in [2.05, 4.69) is 0 Å². The maximum absolute atomic E-state index is 10.6. The Kier molecular flexibility index (Phi) is 2.85. The molecule has 1 aromatic carbocycles. The zero-order valence-electron chi connectivity index (χ0n) is 10.0. The Morgan fingerprint density at radius 2 is 2.00 bits per heavy atom. The molecule has 0 saturated heterocycles. The highest BCUT2D eigenvalue weighted by atomic mass is 35.5. The lowest BCUT2D eigenvalue weighted by Crippen LogP contribution is -2.36. The van der Waals surface area contributed by atoms with Gasteiger partial charge in [-0.3, -0.25) is 0 Å². The van der Waals surface area contributed by atoms with E-state index in [1.807, 2.05) is 18.2 Å². The first-order chi connectivity index (χ1) is 8.57. The summed E-state index contributed by atoms with van der Waals surface area (Å²) in [5, 5.41) is 12.3. The Morgan fingerprint density at radius 1 is 1.28 bits per heavy atom. The molecule has 0 amide bonds. The van der Waals surface area contributed by atoms with E-state index in [1.54, 1.807) is 6.07 Å². The fourth-order valence-corrected chi connectivity index (χ4v) is 2.79. The first kappa shape index (κ1) is 12.0. The average Bonchev–Trinajstić information content (AvgIpc) is 2.77. The second kappa shape index (κ2) is 4.26. The number of hydrogen-bond acceptors (Lipinski definition) is 3. The van der Waals surface area contributed by atoms with Crippen molar-refractivity contribution in [2.75, 3.05) is 0 Å². The van der Waals surface area contributed by atoms with Crippen molar-refractivity contribution in [2.24, 2.45) is 5.73 Å². The lowest BCUT2D eigenvalue weighted by atomic mass is 9.81. The second-order valence-electron chi connectivity index (χ2n) is 5.16. The van der Waals surface area contributed by atoms with E-state index in [-0.39, 0.29) is 6.04 Å². The molecule has 0 spiro atoms. The van der Waals surface area contributed by atoms with Crippen molar-refractivity contribution >= 4 is 22.6 Å². The summed E-state index contributed by atoms with van der Waals surface area (Å²) in [6, 6.07) is 7.56. The zero-order valence-corrected chi connectivity index (χ0v) is 10.8. The van der Waals surface area contributed by atoms with Gasteiger partial charge >= 0.3 is 0 Å². The smallest absolute Gasteiger partial charge is 0.136 e. The van der Waals surface area contributed by atoms with Crippen molar-refractivity contribution in [3.63, 3.8) is 0 Å². The number of nitrogens with two attached hydrogens (primary N) is 1. The van der Waals surface area contributed by atoms with Crippen molar-refractivity contribution in [3.05, 3.63) is 35.0 Å². The third-order valence-electron chi connectivity index (χ3n) is 3.79. The highest BCUT2D eigenvalue weighted by Gasteiger charge is 2.36. The number of furan rings is 1. The molecule has 3 nitrogen and oxygen atoms in total. The lowest BCUT2D eigenvalue weighted by molar-refractivity contribution is -0.0225. The van der Waals surface area contributed by atoms with Crippen LogP contribution in [0.25, 0.3) is 11.0 Å². The van der Waals surface area contributed by atoms with Crippen LogP contribution in [0.4, 0.5) is 0 Å². The molecule has 2 aromatic rings. The van der Waals surface area contributed by atoms with Crippen LogP contribution in [0, 0.1) is 0 Å². The molecule has 0 radical (unpaired) electrons. The van der Waals surface area contributed by atoms with E-state index >= 15 is 0 Å². The van der Waals surface area contributed by atoms with Crippen LogP contribution in [-0.4, -0.2) is 11.1 Å². The summed E-state index contributed by atoms with van der Waals surface area (Å²) in [6.45, 7) is 0. The molecule has 3 rings (SSSR count). The summed E-state index contributed by atoms with van der Waals surface area (Å²) in [4.78, 5) is 0. The van der Waals surface area contributed by atoms with Gasteiger partial charge in [-0.15, -0.1) is 0 Å². The Hall–Kier alpha value is -1.03. The summed E-state index contributed by atoms with van der Waals surface area (Å²) >= 11 is 5.95. The summed E-state index contributed by atoms with van der Waals surface area (Å²) in [6.07, 6.45) is 2.96. The third kappa shape index (κ3) is 2.03. The van der Waals surface area contributed by atoms with Gasteiger partial charge in [0, 0.05) is 16.5 Å². The van der Waals surface area contributed by atoms with E-state index in [0.717, 1.165) is 23.8 Å². The molecular formula is C14H16ClNO2. The molecule has 1 aliphatic carbocycles. The summed E-state index contributed by atoms with van der Waals surface area (Å²) in [7, 11) is 0. The molecule has 0 aliphatic heterocycles. The molecule has 3 N–H and O–H groups in total. The van der Waals surface area contributed by atoms with Gasteiger partial charge in [-0.2, -0.15) is 0 Å². The minimum Gasteiger partial charge on any atom is -0.458 e. The molecule has 1 saturated carbocycles. The fourth-order valence-electron chi connectivity index (χ4n) is 2.61. The monoisotopic (exact) mass is 265 g/mol. The molecular weight excluding hydrogens is 250 g/mol. The molecule has 4 heteroatoms. The van der Waals surface area contributed by atoms with Gasteiger partial charge in [0.1, 0.15) is 16.9 Å². The molecule has 1 heterocycles. The molecule has 1 fully saturated rings. The van der Waals surface area contributed by atoms with Crippen LogP contribution in [0.15, 0.2) is 28.7 Å². The summed E-state index contributed by atoms with van der Waals surface area (Å²) in [5.41, 5.74) is 5.76. The largest absolute Gasteiger partial charge is 0.458 e. The molecule has 0 unspecified atom stereocenters. The van der Waals surface area contributed by atoms with Crippen LogP contribution in [0.2, 0.25) is 5.02 Å². The number of hydrogen-bond donors (Lipinski definition) is 2. The van der Waals surface area contributed by atoms with Gasteiger partial charge in [0.2, 0.25) is 0 Å². The van der Waals surface area contributed by atoms with E-state index in [4.69, 9.17) is 21.8 Å². The number of fused-ring (bicyclic) bond motifs is 1. The Bertz CT molecular complexity index is 570. The third-order valence-corrected chi connectivity index (χ3v) is 4.03. The first-order valence-corrected chi connectivity index (χ1v) is 6.62. The van der Waals surface area contributed by atoms with Crippen LogP contribution < -0.4 is 5.73 Å².